The first-order valence-corrected chi connectivity index (χ1v) is 6.81. The summed E-state index contributed by atoms with van der Waals surface area (Å²) in [5.41, 5.74) is 0.716. The molecular formula is C14H22N2O4S. The standard InChI is InChI=1S/C14H22N2O4S/c1-9(13(19-4)20-5)15-14(21)16-11-8-10(17-2)6-7-12(11)18-3/h6-9,13H,1-5H3,(H2,15,16,21). The van der Waals surface area contributed by atoms with Gasteiger partial charge in [0.05, 0.1) is 25.9 Å². The number of hydrogen-bond acceptors (Lipinski definition) is 5. The molecule has 0 saturated carbocycles. The second kappa shape index (κ2) is 8.66. The summed E-state index contributed by atoms with van der Waals surface area (Å²) in [6.07, 6.45) is -0.392. The van der Waals surface area contributed by atoms with Crippen LogP contribution in [-0.2, 0) is 9.47 Å². The smallest absolute Gasteiger partial charge is 0.176 e. The minimum Gasteiger partial charge on any atom is -0.497 e. The van der Waals surface area contributed by atoms with Crippen LogP contribution >= 0.6 is 12.2 Å². The van der Waals surface area contributed by atoms with Gasteiger partial charge in [-0.3, -0.25) is 0 Å². The van der Waals surface area contributed by atoms with Crippen LogP contribution in [-0.4, -0.2) is 45.9 Å². The highest BCUT2D eigenvalue weighted by Gasteiger charge is 2.17. The molecule has 0 heterocycles. The fourth-order valence-corrected chi connectivity index (χ4v) is 2.15. The first-order chi connectivity index (χ1) is 10.0. The van der Waals surface area contributed by atoms with E-state index < -0.39 is 6.29 Å². The van der Waals surface area contributed by atoms with Crippen molar-refractivity contribution in [2.75, 3.05) is 33.8 Å². The van der Waals surface area contributed by atoms with Gasteiger partial charge in [-0.15, -0.1) is 0 Å². The SMILES string of the molecule is COc1ccc(OC)c(NC(=S)NC(C)C(OC)OC)c1. The van der Waals surface area contributed by atoms with E-state index in [1.807, 2.05) is 19.1 Å². The molecule has 1 aromatic carbocycles. The molecule has 0 bridgehead atoms. The van der Waals surface area contributed by atoms with Crippen LogP contribution in [0.5, 0.6) is 11.5 Å². The van der Waals surface area contributed by atoms with E-state index in [4.69, 9.17) is 31.2 Å². The summed E-state index contributed by atoms with van der Waals surface area (Å²) in [6, 6.07) is 5.31. The summed E-state index contributed by atoms with van der Waals surface area (Å²) >= 11 is 5.28. The van der Waals surface area contributed by atoms with Crippen molar-refractivity contribution in [1.82, 2.24) is 5.32 Å². The largest absolute Gasteiger partial charge is 0.497 e. The van der Waals surface area contributed by atoms with Crippen LogP contribution in [0.3, 0.4) is 0 Å². The van der Waals surface area contributed by atoms with Crippen molar-refractivity contribution in [2.45, 2.75) is 19.3 Å². The zero-order valence-corrected chi connectivity index (χ0v) is 13.7. The number of rotatable bonds is 7. The third kappa shape index (κ3) is 5.04. The fourth-order valence-electron chi connectivity index (χ4n) is 1.85. The summed E-state index contributed by atoms with van der Waals surface area (Å²) in [5, 5.41) is 6.61. The highest BCUT2D eigenvalue weighted by atomic mass is 32.1. The lowest BCUT2D eigenvalue weighted by Gasteiger charge is -2.24. The van der Waals surface area contributed by atoms with E-state index in [-0.39, 0.29) is 6.04 Å². The topological polar surface area (TPSA) is 61.0 Å². The Morgan fingerprint density at radius 3 is 2.29 bits per heavy atom. The number of methoxy groups -OCH3 is 4. The van der Waals surface area contributed by atoms with Crippen molar-refractivity contribution in [3.8, 4) is 11.5 Å². The second-order valence-electron chi connectivity index (χ2n) is 4.29. The second-order valence-corrected chi connectivity index (χ2v) is 4.70. The predicted octanol–water partition coefficient (Wildman–Crippen LogP) is 2.00. The van der Waals surface area contributed by atoms with Crippen molar-refractivity contribution in [3.63, 3.8) is 0 Å². The van der Waals surface area contributed by atoms with Crippen molar-refractivity contribution in [1.29, 1.82) is 0 Å². The normalized spacial score (nSPS) is 11.9. The molecule has 0 saturated heterocycles. The van der Waals surface area contributed by atoms with Crippen molar-refractivity contribution >= 4 is 23.0 Å². The van der Waals surface area contributed by atoms with Gasteiger partial charge in [-0.25, -0.2) is 0 Å². The van der Waals surface area contributed by atoms with Crippen molar-refractivity contribution in [3.05, 3.63) is 18.2 Å². The molecule has 118 valence electrons. The number of thiocarbonyl (C=S) groups is 1. The fraction of sp³-hybridized carbons (Fsp3) is 0.500. The van der Waals surface area contributed by atoms with E-state index in [1.165, 1.54) is 0 Å². The Kier molecular flexibility index (Phi) is 7.21. The van der Waals surface area contributed by atoms with E-state index >= 15 is 0 Å². The van der Waals surface area contributed by atoms with E-state index in [2.05, 4.69) is 10.6 Å². The molecule has 1 atom stereocenters. The van der Waals surface area contributed by atoms with Gasteiger partial charge in [-0.1, -0.05) is 0 Å². The lowest BCUT2D eigenvalue weighted by Crippen LogP contribution is -2.44. The van der Waals surface area contributed by atoms with Crippen LogP contribution in [0.15, 0.2) is 18.2 Å². The van der Waals surface area contributed by atoms with Gasteiger partial charge in [0.25, 0.3) is 0 Å². The predicted molar refractivity (Wildman–Crippen MR) is 86.2 cm³/mol. The van der Waals surface area contributed by atoms with Crippen LogP contribution < -0.4 is 20.1 Å². The molecular weight excluding hydrogens is 292 g/mol. The molecule has 0 spiro atoms. The molecule has 7 heteroatoms. The van der Waals surface area contributed by atoms with Gasteiger partial charge in [-0.2, -0.15) is 0 Å². The molecule has 1 unspecified atom stereocenters. The van der Waals surface area contributed by atoms with Gasteiger partial charge in [-0.05, 0) is 31.3 Å². The third-order valence-corrected chi connectivity index (χ3v) is 3.11. The average Bonchev–Trinajstić information content (AvgIpc) is 2.48. The minimum atomic E-state index is -0.392. The maximum atomic E-state index is 5.29. The highest BCUT2D eigenvalue weighted by Crippen LogP contribution is 2.28. The van der Waals surface area contributed by atoms with Crippen molar-refractivity contribution < 1.29 is 18.9 Å². The molecule has 1 rings (SSSR count). The van der Waals surface area contributed by atoms with Crippen LogP contribution in [0, 0.1) is 0 Å². The monoisotopic (exact) mass is 314 g/mol. The zero-order chi connectivity index (χ0) is 15.8. The van der Waals surface area contributed by atoms with Gasteiger partial charge in [0, 0.05) is 20.3 Å². The molecule has 0 amide bonds. The molecule has 21 heavy (non-hydrogen) atoms. The molecule has 0 aliphatic carbocycles. The lowest BCUT2D eigenvalue weighted by molar-refractivity contribution is -0.116. The van der Waals surface area contributed by atoms with E-state index in [0.717, 1.165) is 0 Å². The van der Waals surface area contributed by atoms with Crippen LogP contribution in [0.4, 0.5) is 5.69 Å². The average molecular weight is 314 g/mol. The van der Waals surface area contributed by atoms with Gasteiger partial charge in [0.2, 0.25) is 0 Å². The Hall–Kier alpha value is -1.57. The Morgan fingerprint density at radius 1 is 1.10 bits per heavy atom. The molecule has 0 fully saturated rings. The van der Waals surface area contributed by atoms with Crippen LogP contribution in [0.25, 0.3) is 0 Å². The summed E-state index contributed by atoms with van der Waals surface area (Å²) in [7, 11) is 6.35. The maximum absolute atomic E-state index is 5.29. The van der Waals surface area contributed by atoms with E-state index in [0.29, 0.717) is 22.3 Å². The Morgan fingerprint density at radius 2 is 1.76 bits per heavy atom. The third-order valence-electron chi connectivity index (χ3n) is 2.89. The highest BCUT2D eigenvalue weighted by molar-refractivity contribution is 7.80. The number of benzene rings is 1. The van der Waals surface area contributed by atoms with Gasteiger partial charge < -0.3 is 29.6 Å². The number of hydrogen-bond donors (Lipinski definition) is 2. The van der Waals surface area contributed by atoms with Crippen molar-refractivity contribution in [2.24, 2.45) is 0 Å². The number of ether oxygens (including phenoxy) is 4. The first kappa shape index (κ1) is 17.5. The lowest BCUT2D eigenvalue weighted by atomic mass is 10.2. The molecule has 2 N–H and O–H groups in total. The quantitative estimate of drug-likeness (QED) is 0.589. The maximum Gasteiger partial charge on any atom is 0.176 e. The Labute approximate surface area is 130 Å². The van der Waals surface area contributed by atoms with Crippen LogP contribution in [0.2, 0.25) is 0 Å². The molecule has 6 nitrogen and oxygen atoms in total. The molecule has 0 aliphatic rings. The van der Waals surface area contributed by atoms with Gasteiger partial charge in [0.1, 0.15) is 11.5 Å². The zero-order valence-electron chi connectivity index (χ0n) is 12.9. The van der Waals surface area contributed by atoms with E-state index in [1.54, 1.807) is 34.5 Å². The van der Waals surface area contributed by atoms with E-state index in [9.17, 15) is 0 Å². The van der Waals surface area contributed by atoms with Gasteiger partial charge >= 0.3 is 0 Å². The Balaban J connectivity index is 2.74. The first-order valence-electron chi connectivity index (χ1n) is 6.40. The summed E-state index contributed by atoms with van der Waals surface area (Å²) in [5.74, 6) is 1.38. The summed E-state index contributed by atoms with van der Waals surface area (Å²) < 4.78 is 20.8. The van der Waals surface area contributed by atoms with Gasteiger partial charge in [0.15, 0.2) is 11.4 Å². The summed E-state index contributed by atoms with van der Waals surface area (Å²) in [6.45, 7) is 1.91. The summed E-state index contributed by atoms with van der Waals surface area (Å²) in [4.78, 5) is 0. The number of nitrogens with one attached hydrogen (secondary N) is 2. The molecule has 0 radical (unpaired) electrons. The van der Waals surface area contributed by atoms with Crippen LogP contribution in [0.1, 0.15) is 6.92 Å². The molecule has 0 aromatic heterocycles. The minimum absolute atomic E-state index is 0.114. The molecule has 1 aromatic rings. The Bertz CT molecular complexity index is 466. The number of anilines is 1. The molecule has 0 aliphatic heterocycles.